The number of rotatable bonds is 3. The SMILES string of the molecule is Cc1cc(CNC2CC=CC2)c(C)s1. The van der Waals surface area contributed by atoms with Gasteiger partial charge >= 0.3 is 0 Å². The van der Waals surface area contributed by atoms with Crippen LogP contribution in [0.4, 0.5) is 0 Å². The van der Waals surface area contributed by atoms with Crippen LogP contribution >= 0.6 is 11.3 Å². The summed E-state index contributed by atoms with van der Waals surface area (Å²) in [7, 11) is 0. The molecule has 0 bridgehead atoms. The average molecular weight is 207 g/mol. The molecule has 2 rings (SSSR count). The number of thiophene rings is 1. The van der Waals surface area contributed by atoms with E-state index in [0.29, 0.717) is 6.04 Å². The molecule has 1 aromatic rings. The molecule has 1 aromatic heterocycles. The molecule has 0 radical (unpaired) electrons. The molecule has 2 heteroatoms. The van der Waals surface area contributed by atoms with E-state index in [1.54, 1.807) is 0 Å². The van der Waals surface area contributed by atoms with Gasteiger partial charge in [0.25, 0.3) is 0 Å². The van der Waals surface area contributed by atoms with Crippen LogP contribution in [0.3, 0.4) is 0 Å². The minimum absolute atomic E-state index is 0.676. The van der Waals surface area contributed by atoms with Crippen molar-refractivity contribution < 1.29 is 0 Å². The zero-order chi connectivity index (χ0) is 9.97. The van der Waals surface area contributed by atoms with Crippen LogP contribution in [-0.2, 0) is 6.54 Å². The molecule has 0 saturated carbocycles. The van der Waals surface area contributed by atoms with Crippen LogP contribution in [0.15, 0.2) is 18.2 Å². The second kappa shape index (κ2) is 4.28. The molecule has 0 spiro atoms. The van der Waals surface area contributed by atoms with E-state index in [-0.39, 0.29) is 0 Å². The summed E-state index contributed by atoms with van der Waals surface area (Å²) in [5, 5.41) is 3.60. The van der Waals surface area contributed by atoms with Crippen molar-refractivity contribution in [3.05, 3.63) is 33.5 Å². The first-order valence-electron chi connectivity index (χ1n) is 5.20. The van der Waals surface area contributed by atoms with E-state index in [2.05, 4.69) is 37.4 Å². The standard InChI is InChI=1S/C12H17NS/c1-9-7-11(10(2)14-9)8-13-12-5-3-4-6-12/h3-4,7,12-13H,5-6,8H2,1-2H3. The van der Waals surface area contributed by atoms with Gasteiger partial charge in [-0.15, -0.1) is 11.3 Å². The Morgan fingerprint density at radius 3 is 2.64 bits per heavy atom. The Balaban J connectivity index is 1.88. The zero-order valence-electron chi connectivity index (χ0n) is 8.84. The van der Waals surface area contributed by atoms with E-state index in [1.807, 2.05) is 11.3 Å². The highest BCUT2D eigenvalue weighted by atomic mass is 32.1. The van der Waals surface area contributed by atoms with E-state index in [1.165, 1.54) is 28.2 Å². The van der Waals surface area contributed by atoms with Crippen LogP contribution in [0, 0.1) is 13.8 Å². The second-order valence-electron chi connectivity index (χ2n) is 3.96. The third-order valence-electron chi connectivity index (χ3n) is 2.73. The molecule has 0 fully saturated rings. The van der Waals surface area contributed by atoms with Crippen molar-refractivity contribution in [2.24, 2.45) is 0 Å². The maximum absolute atomic E-state index is 3.60. The molecule has 76 valence electrons. The van der Waals surface area contributed by atoms with Gasteiger partial charge in [0.1, 0.15) is 0 Å². The van der Waals surface area contributed by atoms with Gasteiger partial charge in [0.05, 0.1) is 0 Å². The Bertz CT molecular complexity index is 330. The van der Waals surface area contributed by atoms with E-state index in [9.17, 15) is 0 Å². The summed E-state index contributed by atoms with van der Waals surface area (Å²) < 4.78 is 0. The van der Waals surface area contributed by atoms with Crippen LogP contribution in [0.5, 0.6) is 0 Å². The molecular weight excluding hydrogens is 190 g/mol. The molecule has 0 aliphatic heterocycles. The largest absolute Gasteiger partial charge is 0.309 e. The maximum atomic E-state index is 3.60. The van der Waals surface area contributed by atoms with E-state index < -0.39 is 0 Å². The molecule has 1 aliphatic rings. The highest BCUT2D eigenvalue weighted by molar-refractivity contribution is 7.12. The number of nitrogens with one attached hydrogen (secondary N) is 1. The lowest BCUT2D eigenvalue weighted by Gasteiger charge is -2.11. The first-order valence-corrected chi connectivity index (χ1v) is 6.01. The van der Waals surface area contributed by atoms with Crippen molar-refractivity contribution in [1.29, 1.82) is 0 Å². The van der Waals surface area contributed by atoms with Crippen LogP contribution in [-0.4, -0.2) is 6.04 Å². The summed E-state index contributed by atoms with van der Waals surface area (Å²) in [6.45, 7) is 5.42. The van der Waals surface area contributed by atoms with Crippen molar-refractivity contribution in [2.45, 2.75) is 39.3 Å². The summed E-state index contributed by atoms with van der Waals surface area (Å²) in [5.74, 6) is 0. The number of hydrogen-bond donors (Lipinski definition) is 1. The monoisotopic (exact) mass is 207 g/mol. The fraction of sp³-hybridized carbons (Fsp3) is 0.500. The van der Waals surface area contributed by atoms with E-state index in [4.69, 9.17) is 0 Å². The summed E-state index contributed by atoms with van der Waals surface area (Å²) in [4.78, 5) is 2.88. The van der Waals surface area contributed by atoms with Crippen molar-refractivity contribution in [2.75, 3.05) is 0 Å². The van der Waals surface area contributed by atoms with Crippen molar-refractivity contribution >= 4 is 11.3 Å². The Morgan fingerprint density at radius 1 is 1.36 bits per heavy atom. The molecule has 1 heterocycles. The van der Waals surface area contributed by atoms with Crippen LogP contribution in [0.1, 0.15) is 28.2 Å². The number of hydrogen-bond acceptors (Lipinski definition) is 2. The van der Waals surface area contributed by atoms with Crippen LogP contribution < -0.4 is 5.32 Å². The normalized spacial score (nSPS) is 16.7. The molecule has 1 N–H and O–H groups in total. The van der Waals surface area contributed by atoms with Gasteiger partial charge in [0.15, 0.2) is 0 Å². The quantitative estimate of drug-likeness (QED) is 0.751. The van der Waals surface area contributed by atoms with Crippen LogP contribution in [0.25, 0.3) is 0 Å². The lowest BCUT2D eigenvalue weighted by atomic mass is 10.2. The van der Waals surface area contributed by atoms with Gasteiger partial charge in [-0.2, -0.15) is 0 Å². The first kappa shape index (κ1) is 9.94. The minimum Gasteiger partial charge on any atom is -0.309 e. The van der Waals surface area contributed by atoms with Gasteiger partial charge in [-0.25, -0.2) is 0 Å². The van der Waals surface area contributed by atoms with E-state index in [0.717, 1.165) is 6.54 Å². The summed E-state index contributed by atoms with van der Waals surface area (Å²) in [5.41, 5.74) is 1.47. The van der Waals surface area contributed by atoms with Gasteiger partial charge in [-0.1, -0.05) is 12.2 Å². The molecule has 0 aromatic carbocycles. The fourth-order valence-corrected chi connectivity index (χ4v) is 2.84. The maximum Gasteiger partial charge on any atom is 0.0219 e. The second-order valence-corrected chi connectivity index (χ2v) is 5.42. The fourth-order valence-electron chi connectivity index (χ4n) is 1.90. The summed E-state index contributed by atoms with van der Waals surface area (Å²) >= 11 is 1.90. The Hall–Kier alpha value is -0.600. The topological polar surface area (TPSA) is 12.0 Å². The minimum atomic E-state index is 0.676. The molecule has 1 aliphatic carbocycles. The highest BCUT2D eigenvalue weighted by Gasteiger charge is 2.10. The zero-order valence-corrected chi connectivity index (χ0v) is 9.66. The molecule has 0 atom stereocenters. The number of aryl methyl sites for hydroxylation is 2. The smallest absolute Gasteiger partial charge is 0.0219 e. The Morgan fingerprint density at radius 2 is 2.07 bits per heavy atom. The lowest BCUT2D eigenvalue weighted by Crippen LogP contribution is -2.25. The van der Waals surface area contributed by atoms with Crippen LogP contribution in [0.2, 0.25) is 0 Å². The van der Waals surface area contributed by atoms with Crippen molar-refractivity contribution in [3.8, 4) is 0 Å². The van der Waals surface area contributed by atoms with Gasteiger partial charge < -0.3 is 5.32 Å². The molecule has 1 nitrogen and oxygen atoms in total. The van der Waals surface area contributed by atoms with Gasteiger partial charge in [-0.05, 0) is 38.3 Å². The molecule has 0 saturated heterocycles. The molecular formula is C12H17NS. The van der Waals surface area contributed by atoms with Crippen molar-refractivity contribution in [1.82, 2.24) is 5.32 Å². The third kappa shape index (κ3) is 2.25. The first-order chi connectivity index (χ1) is 6.75. The van der Waals surface area contributed by atoms with E-state index >= 15 is 0 Å². The summed E-state index contributed by atoms with van der Waals surface area (Å²) in [6.07, 6.45) is 6.93. The predicted molar refractivity (Wildman–Crippen MR) is 62.8 cm³/mol. The Labute approximate surface area is 89.8 Å². The highest BCUT2D eigenvalue weighted by Crippen LogP contribution is 2.21. The summed E-state index contributed by atoms with van der Waals surface area (Å²) in [6, 6.07) is 2.98. The molecule has 0 amide bonds. The van der Waals surface area contributed by atoms with Gasteiger partial charge in [-0.3, -0.25) is 0 Å². The lowest BCUT2D eigenvalue weighted by molar-refractivity contribution is 0.538. The predicted octanol–water partition coefficient (Wildman–Crippen LogP) is 3.17. The average Bonchev–Trinajstić information content (AvgIpc) is 2.72. The van der Waals surface area contributed by atoms with Gasteiger partial charge in [0, 0.05) is 22.3 Å². The Kier molecular flexibility index (Phi) is 3.04. The van der Waals surface area contributed by atoms with Gasteiger partial charge in [0.2, 0.25) is 0 Å². The molecule has 14 heavy (non-hydrogen) atoms. The van der Waals surface area contributed by atoms with Crippen molar-refractivity contribution in [3.63, 3.8) is 0 Å². The third-order valence-corrected chi connectivity index (χ3v) is 3.74. The molecule has 0 unspecified atom stereocenters.